The molecular formula is C20H26N2O4S2. The fraction of sp³-hybridized carbons (Fsp3) is 0.450. The van der Waals surface area contributed by atoms with Gasteiger partial charge in [-0.15, -0.1) is 11.3 Å². The Morgan fingerprint density at radius 3 is 2.50 bits per heavy atom. The van der Waals surface area contributed by atoms with Gasteiger partial charge in [-0.1, -0.05) is 12.1 Å². The third-order valence-corrected chi connectivity index (χ3v) is 8.06. The van der Waals surface area contributed by atoms with Gasteiger partial charge in [0.25, 0.3) is 10.0 Å². The average Bonchev–Trinajstić information content (AvgIpc) is 3.12. The highest BCUT2D eigenvalue weighted by Gasteiger charge is 2.30. The number of carbonyl (C=O) groups excluding carboxylic acids is 1. The van der Waals surface area contributed by atoms with Crippen LogP contribution in [0.5, 0.6) is 5.75 Å². The van der Waals surface area contributed by atoms with Crippen LogP contribution in [0, 0.1) is 13.8 Å². The van der Waals surface area contributed by atoms with Crippen LogP contribution in [0.4, 0.5) is 0 Å². The minimum Gasteiger partial charge on any atom is -0.494 e. The summed E-state index contributed by atoms with van der Waals surface area (Å²) < 4.78 is 32.9. The van der Waals surface area contributed by atoms with Gasteiger partial charge in [0.05, 0.1) is 6.61 Å². The number of carbonyl (C=O) groups is 1. The van der Waals surface area contributed by atoms with Crippen molar-refractivity contribution in [3.63, 3.8) is 0 Å². The molecule has 3 rings (SSSR count). The van der Waals surface area contributed by atoms with E-state index in [9.17, 15) is 13.2 Å². The highest BCUT2D eigenvalue weighted by Crippen LogP contribution is 2.25. The van der Waals surface area contributed by atoms with E-state index in [4.69, 9.17) is 4.74 Å². The van der Waals surface area contributed by atoms with E-state index in [0.29, 0.717) is 49.8 Å². The molecule has 1 aromatic carbocycles. The number of nitrogens with zero attached hydrogens (tertiary/aromatic N) is 2. The highest BCUT2D eigenvalue weighted by atomic mass is 32.2. The molecule has 0 saturated carbocycles. The van der Waals surface area contributed by atoms with E-state index in [1.54, 1.807) is 11.0 Å². The number of rotatable bonds is 7. The maximum absolute atomic E-state index is 12.7. The van der Waals surface area contributed by atoms with E-state index in [-0.39, 0.29) is 5.91 Å². The molecule has 28 heavy (non-hydrogen) atoms. The summed E-state index contributed by atoms with van der Waals surface area (Å²) in [5.41, 5.74) is 1.14. The molecule has 1 saturated heterocycles. The van der Waals surface area contributed by atoms with Gasteiger partial charge in [0.1, 0.15) is 9.96 Å². The molecule has 0 spiro atoms. The second kappa shape index (κ2) is 9.07. The van der Waals surface area contributed by atoms with Gasteiger partial charge in [0.15, 0.2) is 0 Å². The third kappa shape index (κ3) is 5.12. The molecule has 0 aliphatic carbocycles. The van der Waals surface area contributed by atoms with Crippen LogP contribution >= 0.6 is 11.3 Å². The van der Waals surface area contributed by atoms with Crippen molar-refractivity contribution in [2.45, 2.75) is 30.9 Å². The first-order chi connectivity index (χ1) is 13.4. The summed E-state index contributed by atoms with van der Waals surface area (Å²) in [6.45, 7) is 5.93. The molecule has 1 fully saturated rings. The maximum Gasteiger partial charge on any atom is 0.252 e. The molecule has 0 bridgehead atoms. The summed E-state index contributed by atoms with van der Waals surface area (Å²) in [6, 6.07) is 11.3. The minimum atomic E-state index is -3.45. The van der Waals surface area contributed by atoms with E-state index in [2.05, 4.69) is 0 Å². The fourth-order valence-corrected chi connectivity index (χ4v) is 5.99. The Balaban J connectivity index is 1.42. The van der Waals surface area contributed by atoms with Crippen LogP contribution < -0.4 is 4.74 Å². The van der Waals surface area contributed by atoms with E-state index in [0.717, 1.165) is 16.2 Å². The largest absolute Gasteiger partial charge is 0.494 e. The van der Waals surface area contributed by atoms with E-state index in [1.165, 1.54) is 15.6 Å². The molecule has 152 valence electrons. The molecule has 1 aromatic heterocycles. The standard InChI is InChI=1S/C20H26N2O4S2/c1-16-5-3-6-18(15-16)26-14-4-7-19(23)21-10-12-22(13-11-21)28(24,25)20-9-8-17(2)27-20/h3,5-6,8-9,15H,4,7,10-14H2,1-2H3. The third-order valence-electron chi connectivity index (χ3n) is 4.69. The topological polar surface area (TPSA) is 66.9 Å². The number of sulfonamides is 1. The lowest BCUT2D eigenvalue weighted by Crippen LogP contribution is -2.50. The molecule has 2 aromatic rings. The second-order valence-corrected chi connectivity index (χ2v) is 10.4. The zero-order valence-corrected chi connectivity index (χ0v) is 17.9. The number of amides is 1. The highest BCUT2D eigenvalue weighted by molar-refractivity contribution is 7.91. The predicted molar refractivity (Wildman–Crippen MR) is 110 cm³/mol. The van der Waals surface area contributed by atoms with Gasteiger partial charge in [-0.05, 0) is 50.1 Å². The van der Waals surface area contributed by atoms with Crippen LogP contribution in [0.15, 0.2) is 40.6 Å². The van der Waals surface area contributed by atoms with Crippen LogP contribution in [0.2, 0.25) is 0 Å². The molecule has 0 atom stereocenters. The first kappa shape index (κ1) is 20.8. The Labute approximate surface area is 170 Å². The van der Waals surface area contributed by atoms with E-state index >= 15 is 0 Å². The molecule has 0 N–H and O–H groups in total. The van der Waals surface area contributed by atoms with Gasteiger partial charge >= 0.3 is 0 Å². The predicted octanol–water partition coefficient (Wildman–Crippen LogP) is 3.06. The molecule has 1 aliphatic heterocycles. The van der Waals surface area contributed by atoms with Crippen LogP contribution in [0.1, 0.15) is 23.3 Å². The van der Waals surface area contributed by atoms with Crippen molar-refractivity contribution in [3.05, 3.63) is 46.8 Å². The minimum absolute atomic E-state index is 0.0526. The number of piperazine rings is 1. The van der Waals surface area contributed by atoms with Crippen LogP contribution in [0.3, 0.4) is 0 Å². The number of ether oxygens (including phenoxy) is 1. The molecule has 0 unspecified atom stereocenters. The monoisotopic (exact) mass is 422 g/mol. The summed E-state index contributed by atoms with van der Waals surface area (Å²) in [4.78, 5) is 15.1. The van der Waals surface area contributed by atoms with Crippen molar-refractivity contribution in [2.75, 3.05) is 32.8 Å². The zero-order valence-electron chi connectivity index (χ0n) is 16.3. The van der Waals surface area contributed by atoms with Crippen molar-refractivity contribution in [1.82, 2.24) is 9.21 Å². The lowest BCUT2D eigenvalue weighted by Gasteiger charge is -2.33. The first-order valence-corrected chi connectivity index (χ1v) is 11.7. The summed E-state index contributed by atoms with van der Waals surface area (Å²) in [5, 5.41) is 0. The number of benzene rings is 1. The van der Waals surface area contributed by atoms with Gasteiger partial charge in [0.2, 0.25) is 5.91 Å². The smallest absolute Gasteiger partial charge is 0.252 e. The maximum atomic E-state index is 12.7. The Morgan fingerprint density at radius 2 is 1.86 bits per heavy atom. The Bertz CT molecular complexity index is 916. The summed E-state index contributed by atoms with van der Waals surface area (Å²) in [5.74, 6) is 0.868. The van der Waals surface area contributed by atoms with Crippen LogP contribution in [-0.2, 0) is 14.8 Å². The first-order valence-electron chi connectivity index (χ1n) is 9.40. The van der Waals surface area contributed by atoms with Gasteiger partial charge in [-0.3, -0.25) is 4.79 Å². The molecule has 2 heterocycles. The van der Waals surface area contributed by atoms with Crippen LogP contribution in [0.25, 0.3) is 0 Å². The molecule has 0 radical (unpaired) electrons. The van der Waals surface area contributed by atoms with Crippen LogP contribution in [-0.4, -0.2) is 56.3 Å². The fourth-order valence-electron chi connectivity index (χ4n) is 3.13. The van der Waals surface area contributed by atoms with Gasteiger partial charge in [-0.25, -0.2) is 8.42 Å². The Kier molecular flexibility index (Phi) is 6.74. The Hall–Kier alpha value is -1.90. The molecule has 1 amide bonds. The lowest BCUT2D eigenvalue weighted by atomic mass is 10.2. The number of hydrogen-bond acceptors (Lipinski definition) is 5. The number of hydrogen-bond donors (Lipinski definition) is 0. The normalized spacial score (nSPS) is 15.6. The molecule has 8 heteroatoms. The van der Waals surface area contributed by atoms with E-state index in [1.807, 2.05) is 44.2 Å². The SMILES string of the molecule is Cc1cccc(OCCCC(=O)N2CCN(S(=O)(=O)c3ccc(C)s3)CC2)c1. The summed E-state index contributed by atoms with van der Waals surface area (Å²) in [7, 11) is -3.45. The van der Waals surface area contributed by atoms with Gasteiger partial charge < -0.3 is 9.64 Å². The number of aryl methyl sites for hydroxylation is 2. The van der Waals surface area contributed by atoms with E-state index < -0.39 is 10.0 Å². The summed E-state index contributed by atoms with van der Waals surface area (Å²) in [6.07, 6.45) is 1.04. The quantitative estimate of drug-likeness (QED) is 0.643. The van der Waals surface area contributed by atoms with Crippen molar-refractivity contribution < 1.29 is 17.9 Å². The second-order valence-electron chi connectivity index (χ2n) is 6.92. The number of thiophene rings is 1. The van der Waals surface area contributed by atoms with Crippen molar-refractivity contribution in [3.8, 4) is 5.75 Å². The zero-order chi connectivity index (χ0) is 20.1. The molecule has 6 nitrogen and oxygen atoms in total. The molecule has 1 aliphatic rings. The van der Waals surface area contributed by atoms with Crippen molar-refractivity contribution in [2.24, 2.45) is 0 Å². The summed E-state index contributed by atoms with van der Waals surface area (Å²) >= 11 is 1.28. The van der Waals surface area contributed by atoms with Gasteiger partial charge in [0, 0.05) is 37.5 Å². The lowest BCUT2D eigenvalue weighted by molar-refractivity contribution is -0.132. The van der Waals surface area contributed by atoms with Crippen molar-refractivity contribution in [1.29, 1.82) is 0 Å². The molecular weight excluding hydrogens is 396 g/mol. The van der Waals surface area contributed by atoms with Gasteiger partial charge in [-0.2, -0.15) is 4.31 Å². The average molecular weight is 423 g/mol. The Morgan fingerprint density at radius 1 is 1.11 bits per heavy atom. The van der Waals surface area contributed by atoms with Crippen molar-refractivity contribution >= 4 is 27.3 Å².